The molecule has 0 aliphatic heterocycles. The first-order chi connectivity index (χ1) is 11.8. The molecular formula is C18H24ClNaO6. The fourth-order valence-corrected chi connectivity index (χ4v) is 2.47. The van der Waals surface area contributed by atoms with Gasteiger partial charge < -0.3 is 14.6 Å². The monoisotopic (exact) mass is 394 g/mol. The SMILES string of the molecule is C=CC(=O)OC1CCCCC1=O.C=CC(=O)[O-].O=C1CCCCC1Cl.[Na+]. The maximum absolute atomic E-state index is 11.1. The van der Waals surface area contributed by atoms with Crippen LogP contribution in [0.5, 0.6) is 0 Å². The van der Waals surface area contributed by atoms with Crippen LogP contribution in [-0.4, -0.2) is 35.0 Å². The number of hydrogen-bond donors (Lipinski definition) is 0. The normalized spacial score (nSPS) is 21.4. The first-order valence-corrected chi connectivity index (χ1v) is 8.61. The number of rotatable bonds is 3. The summed E-state index contributed by atoms with van der Waals surface area (Å²) in [5, 5.41) is 8.98. The molecular weight excluding hydrogens is 371 g/mol. The van der Waals surface area contributed by atoms with E-state index in [-0.39, 0.29) is 46.5 Å². The quantitative estimate of drug-likeness (QED) is 0.260. The number of alkyl halides is 1. The molecule has 26 heavy (non-hydrogen) atoms. The summed E-state index contributed by atoms with van der Waals surface area (Å²) in [5.74, 6) is -1.46. The predicted octanol–water partition coefficient (Wildman–Crippen LogP) is -1.11. The van der Waals surface area contributed by atoms with Crippen molar-refractivity contribution >= 4 is 35.1 Å². The Hall–Kier alpha value is -0.950. The third-order valence-electron chi connectivity index (χ3n) is 3.57. The van der Waals surface area contributed by atoms with E-state index in [1.807, 2.05) is 0 Å². The summed E-state index contributed by atoms with van der Waals surface area (Å²) in [4.78, 5) is 41.7. The summed E-state index contributed by atoms with van der Waals surface area (Å²) in [6, 6.07) is 0. The second-order valence-electron chi connectivity index (χ2n) is 5.54. The Labute approximate surface area is 181 Å². The molecule has 0 saturated heterocycles. The largest absolute Gasteiger partial charge is 1.00 e. The Kier molecular flexibility index (Phi) is 17.0. The van der Waals surface area contributed by atoms with Crippen LogP contribution in [0.1, 0.15) is 51.4 Å². The Balaban J connectivity index is 0. The van der Waals surface area contributed by atoms with Crippen LogP contribution in [0.15, 0.2) is 25.3 Å². The zero-order valence-electron chi connectivity index (χ0n) is 15.2. The van der Waals surface area contributed by atoms with Crippen LogP contribution in [0.25, 0.3) is 0 Å². The zero-order valence-corrected chi connectivity index (χ0v) is 18.0. The van der Waals surface area contributed by atoms with Gasteiger partial charge in [-0.1, -0.05) is 19.6 Å². The van der Waals surface area contributed by atoms with Gasteiger partial charge in [0.15, 0.2) is 17.7 Å². The topological polar surface area (TPSA) is 101 Å². The Morgan fingerprint density at radius 3 is 1.85 bits per heavy atom. The molecule has 6 nitrogen and oxygen atoms in total. The summed E-state index contributed by atoms with van der Waals surface area (Å²) in [6.45, 7) is 6.16. The number of ketones is 2. The third kappa shape index (κ3) is 13.3. The second-order valence-corrected chi connectivity index (χ2v) is 6.07. The number of ether oxygens (including phenoxy) is 1. The van der Waals surface area contributed by atoms with Gasteiger partial charge in [-0.15, -0.1) is 11.6 Å². The van der Waals surface area contributed by atoms with Crippen molar-refractivity contribution in [3.8, 4) is 0 Å². The molecule has 0 aromatic rings. The van der Waals surface area contributed by atoms with Gasteiger partial charge in [-0.05, 0) is 38.2 Å². The first kappa shape index (κ1) is 27.3. The molecule has 0 bridgehead atoms. The fourth-order valence-electron chi connectivity index (χ4n) is 2.20. The van der Waals surface area contributed by atoms with Gasteiger partial charge in [0.25, 0.3) is 0 Å². The van der Waals surface area contributed by atoms with Crippen molar-refractivity contribution in [2.45, 2.75) is 62.8 Å². The van der Waals surface area contributed by atoms with E-state index >= 15 is 0 Å². The van der Waals surface area contributed by atoms with Gasteiger partial charge >= 0.3 is 35.5 Å². The molecule has 0 spiro atoms. The van der Waals surface area contributed by atoms with Gasteiger partial charge in [-0.25, -0.2) is 4.79 Å². The molecule has 0 amide bonds. The summed E-state index contributed by atoms with van der Waals surface area (Å²) in [7, 11) is 0. The molecule has 2 saturated carbocycles. The van der Waals surface area contributed by atoms with Gasteiger partial charge in [-0.3, -0.25) is 9.59 Å². The van der Waals surface area contributed by atoms with Gasteiger partial charge in [0, 0.05) is 18.9 Å². The number of halogens is 1. The van der Waals surface area contributed by atoms with Crippen molar-refractivity contribution in [3.05, 3.63) is 25.3 Å². The van der Waals surface area contributed by atoms with E-state index in [1.54, 1.807) is 0 Å². The molecule has 2 aliphatic carbocycles. The molecule has 2 atom stereocenters. The number of aliphatic carboxylic acids is 1. The van der Waals surface area contributed by atoms with E-state index in [1.165, 1.54) is 0 Å². The van der Waals surface area contributed by atoms with Crippen LogP contribution in [0.4, 0.5) is 0 Å². The summed E-state index contributed by atoms with van der Waals surface area (Å²) in [5.41, 5.74) is 0. The smallest absolute Gasteiger partial charge is 0.545 e. The average Bonchev–Trinajstić information content (AvgIpc) is 2.60. The standard InChI is InChI=1S/C9H12O3.C6H9ClO.C3H4O2.Na/c1-2-9(11)12-8-6-4-3-5-7(8)10;7-5-3-1-2-4-6(5)8;1-2-3(4)5;/h2,8H,1,3-6H2;5H,1-4H2;2H,1H2,(H,4,5);/q;;;+1/p-1. The summed E-state index contributed by atoms with van der Waals surface area (Å²) in [6.07, 6.45) is 8.14. The number of esters is 1. The van der Waals surface area contributed by atoms with Crippen molar-refractivity contribution in [2.75, 3.05) is 0 Å². The molecule has 2 fully saturated rings. The van der Waals surface area contributed by atoms with Crippen molar-refractivity contribution in [1.29, 1.82) is 0 Å². The van der Waals surface area contributed by atoms with Gasteiger partial charge in [0.05, 0.1) is 11.3 Å². The van der Waals surface area contributed by atoms with E-state index in [0.717, 1.165) is 44.3 Å². The number of carboxylic acid groups (broad SMARTS) is 1. The maximum Gasteiger partial charge on any atom is 1.00 e. The van der Waals surface area contributed by atoms with Crippen LogP contribution in [-0.2, 0) is 23.9 Å². The number of Topliss-reactive ketones (excluding diaryl/α,β-unsaturated/α-hetero) is 2. The molecule has 140 valence electrons. The summed E-state index contributed by atoms with van der Waals surface area (Å²) < 4.78 is 4.85. The molecule has 8 heteroatoms. The predicted molar refractivity (Wildman–Crippen MR) is 91.9 cm³/mol. The third-order valence-corrected chi connectivity index (χ3v) is 4.03. The van der Waals surface area contributed by atoms with E-state index in [9.17, 15) is 14.4 Å². The van der Waals surface area contributed by atoms with Gasteiger partial charge in [0.2, 0.25) is 0 Å². The number of carboxylic acids is 1. The van der Waals surface area contributed by atoms with Crippen LogP contribution in [0.3, 0.4) is 0 Å². The fraction of sp³-hybridized carbons (Fsp3) is 0.556. The van der Waals surface area contributed by atoms with Gasteiger partial charge in [-0.2, -0.15) is 0 Å². The zero-order chi connectivity index (χ0) is 19.2. The molecule has 2 unspecified atom stereocenters. The molecule has 2 rings (SSSR count). The minimum absolute atomic E-state index is 0. The Bertz CT molecular complexity index is 506. The maximum atomic E-state index is 11.1. The number of carbonyl (C=O) groups is 4. The van der Waals surface area contributed by atoms with E-state index < -0.39 is 18.0 Å². The molecule has 0 heterocycles. The van der Waals surface area contributed by atoms with Gasteiger partial charge in [0.1, 0.15) is 0 Å². The Morgan fingerprint density at radius 2 is 1.50 bits per heavy atom. The van der Waals surface area contributed by atoms with Crippen molar-refractivity contribution in [3.63, 3.8) is 0 Å². The minimum Gasteiger partial charge on any atom is -0.545 e. The molecule has 2 aliphatic rings. The van der Waals surface area contributed by atoms with E-state index in [0.29, 0.717) is 19.3 Å². The van der Waals surface area contributed by atoms with E-state index in [4.69, 9.17) is 26.2 Å². The van der Waals surface area contributed by atoms with Crippen molar-refractivity contribution in [1.82, 2.24) is 0 Å². The average molecular weight is 395 g/mol. The van der Waals surface area contributed by atoms with E-state index in [2.05, 4.69) is 13.2 Å². The minimum atomic E-state index is -1.23. The first-order valence-electron chi connectivity index (χ1n) is 8.17. The number of hydrogen-bond acceptors (Lipinski definition) is 6. The van der Waals surface area contributed by atoms with Crippen molar-refractivity contribution in [2.24, 2.45) is 0 Å². The number of carbonyl (C=O) groups excluding carboxylic acids is 4. The van der Waals surface area contributed by atoms with Crippen LogP contribution < -0.4 is 34.7 Å². The van der Waals surface area contributed by atoms with Crippen LogP contribution >= 0.6 is 11.6 Å². The second kappa shape index (κ2) is 16.2. The molecule has 0 aromatic carbocycles. The Morgan fingerprint density at radius 1 is 1.00 bits per heavy atom. The molecule has 0 aromatic heterocycles. The molecule has 0 N–H and O–H groups in total. The summed E-state index contributed by atoms with van der Waals surface area (Å²) >= 11 is 5.62. The van der Waals surface area contributed by atoms with Crippen LogP contribution in [0.2, 0.25) is 0 Å². The van der Waals surface area contributed by atoms with Crippen LogP contribution in [0, 0.1) is 0 Å². The van der Waals surface area contributed by atoms with Crippen molar-refractivity contribution < 1.29 is 58.6 Å². The molecule has 0 radical (unpaired) electrons.